The molecule has 2 atom stereocenters. The fourth-order valence-corrected chi connectivity index (χ4v) is 4.23. The maximum absolute atomic E-state index is 12.7. The molecule has 24 heavy (non-hydrogen) atoms. The summed E-state index contributed by atoms with van der Waals surface area (Å²) in [5, 5.41) is 3.09. The Kier molecular flexibility index (Phi) is 4.00. The first-order chi connectivity index (χ1) is 11.7. The minimum Gasteiger partial charge on any atom is -0.334 e. The molecule has 1 saturated heterocycles. The summed E-state index contributed by atoms with van der Waals surface area (Å²) in [7, 11) is 1.97. The Morgan fingerprint density at radius 3 is 2.96 bits per heavy atom. The van der Waals surface area contributed by atoms with Gasteiger partial charge < -0.3 is 14.8 Å². The third kappa shape index (κ3) is 2.79. The molecule has 1 aromatic carbocycles. The van der Waals surface area contributed by atoms with E-state index in [-0.39, 0.29) is 6.03 Å². The summed E-state index contributed by atoms with van der Waals surface area (Å²) in [4.78, 5) is 19.2. The molecule has 2 amide bonds. The van der Waals surface area contributed by atoms with E-state index >= 15 is 0 Å². The van der Waals surface area contributed by atoms with E-state index in [0.717, 1.165) is 36.5 Å². The number of nitrogens with zero attached hydrogens (tertiary/aromatic N) is 3. The molecule has 2 aliphatic rings. The lowest BCUT2D eigenvalue weighted by Gasteiger charge is -2.31. The van der Waals surface area contributed by atoms with Gasteiger partial charge in [0.1, 0.15) is 5.82 Å². The molecule has 0 spiro atoms. The van der Waals surface area contributed by atoms with Gasteiger partial charge in [0.25, 0.3) is 0 Å². The van der Waals surface area contributed by atoms with Gasteiger partial charge in [-0.3, -0.25) is 0 Å². The lowest BCUT2D eigenvalue weighted by molar-refractivity contribution is 0.182. The number of nitrogens with one attached hydrogen (secondary N) is 1. The monoisotopic (exact) mass is 324 g/mol. The number of aryl methyl sites for hydroxylation is 1. The summed E-state index contributed by atoms with van der Waals surface area (Å²) < 4.78 is 1.98. The predicted molar refractivity (Wildman–Crippen MR) is 94.7 cm³/mol. The molecular formula is C19H24N4O. The van der Waals surface area contributed by atoms with Crippen molar-refractivity contribution in [3.63, 3.8) is 0 Å². The fraction of sp³-hybridized carbons (Fsp3) is 0.474. The molecule has 1 aromatic heterocycles. The molecule has 0 unspecified atom stereocenters. The largest absolute Gasteiger partial charge is 0.334 e. The molecule has 0 bridgehead atoms. The molecule has 126 valence electrons. The van der Waals surface area contributed by atoms with Gasteiger partial charge in [0, 0.05) is 43.3 Å². The molecule has 4 rings (SSSR count). The van der Waals surface area contributed by atoms with E-state index in [0.29, 0.717) is 12.0 Å². The Morgan fingerprint density at radius 1 is 1.25 bits per heavy atom. The second-order valence-corrected chi connectivity index (χ2v) is 6.97. The summed E-state index contributed by atoms with van der Waals surface area (Å²) in [6.45, 7) is 0.889. The molecular weight excluding hydrogens is 300 g/mol. The van der Waals surface area contributed by atoms with E-state index in [1.165, 1.54) is 19.3 Å². The van der Waals surface area contributed by atoms with Crippen LogP contribution in [0.15, 0.2) is 36.7 Å². The molecule has 2 heterocycles. The van der Waals surface area contributed by atoms with Gasteiger partial charge in [-0.05, 0) is 37.3 Å². The molecule has 1 aliphatic heterocycles. The molecule has 1 aliphatic carbocycles. The van der Waals surface area contributed by atoms with Gasteiger partial charge in [-0.15, -0.1) is 0 Å². The van der Waals surface area contributed by atoms with Crippen molar-refractivity contribution in [1.82, 2.24) is 14.5 Å². The number of likely N-dealkylation sites (tertiary alicyclic amines) is 1. The van der Waals surface area contributed by atoms with Crippen LogP contribution in [0.3, 0.4) is 0 Å². The third-order valence-corrected chi connectivity index (χ3v) is 5.46. The van der Waals surface area contributed by atoms with E-state index in [2.05, 4.69) is 15.2 Å². The lowest BCUT2D eigenvalue weighted by atomic mass is 9.85. The molecule has 0 radical (unpaired) electrons. The van der Waals surface area contributed by atoms with Crippen LogP contribution >= 0.6 is 0 Å². The molecule has 2 fully saturated rings. The number of rotatable bonds is 2. The summed E-state index contributed by atoms with van der Waals surface area (Å²) in [5.74, 6) is 1.61. The highest BCUT2D eigenvalue weighted by molar-refractivity contribution is 5.90. The van der Waals surface area contributed by atoms with E-state index in [9.17, 15) is 4.79 Å². The second-order valence-electron chi connectivity index (χ2n) is 6.97. The fourth-order valence-electron chi connectivity index (χ4n) is 4.23. The minimum absolute atomic E-state index is 0.0430. The van der Waals surface area contributed by atoms with Gasteiger partial charge in [-0.25, -0.2) is 9.78 Å². The van der Waals surface area contributed by atoms with Crippen LogP contribution in [0.1, 0.15) is 32.1 Å². The number of imidazole rings is 1. The average Bonchev–Trinajstić information content (AvgIpc) is 3.21. The lowest BCUT2D eigenvalue weighted by Crippen LogP contribution is -2.41. The van der Waals surface area contributed by atoms with Gasteiger partial charge in [0.05, 0.1) is 0 Å². The summed E-state index contributed by atoms with van der Waals surface area (Å²) in [6, 6.07) is 8.41. The molecule has 5 heteroatoms. The Labute approximate surface area is 142 Å². The van der Waals surface area contributed by atoms with Crippen LogP contribution in [-0.4, -0.2) is 33.1 Å². The molecule has 5 nitrogen and oxygen atoms in total. The number of anilines is 1. The van der Waals surface area contributed by atoms with Crippen molar-refractivity contribution in [2.24, 2.45) is 13.0 Å². The van der Waals surface area contributed by atoms with Crippen molar-refractivity contribution in [2.75, 3.05) is 11.9 Å². The van der Waals surface area contributed by atoms with E-state index < -0.39 is 0 Å². The van der Waals surface area contributed by atoms with Crippen LogP contribution < -0.4 is 5.32 Å². The van der Waals surface area contributed by atoms with E-state index in [4.69, 9.17) is 0 Å². The molecule has 1 saturated carbocycles. The van der Waals surface area contributed by atoms with Crippen molar-refractivity contribution in [3.05, 3.63) is 36.7 Å². The molecule has 2 aromatic rings. The van der Waals surface area contributed by atoms with Crippen LogP contribution in [0.25, 0.3) is 11.4 Å². The summed E-state index contributed by atoms with van der Waals surface area (Å²) in [6.07, 6.45) is 9.88. The number of benzene rings is 1. The predicted octanol–water partition coefficient (Wildman–Crippen LogP) is 3.88. The first-order valence-electron chi connectivity index (χ1n) is 8.88. The SMILES string of the molecule is Cn1ccnc1-c1cccc(NC(=O)N2CC[C@@H]3CCCC[C@@H]32)c1. The topological polar surface area (TPSA) is 50.2 Å². The first kappa shape index (κ1) is 15.2. The number of fused-ring (bicyclic) bond motifs is 1. The zero-order chi connectivity index (χ0) is 16.5. The zero-order valence-electron chi connectivity index (χ0n) is 14.1. The van der Waals surface area contributed by atoms with Crippen molar-refractivity contribution in [1.29, 1.82) is 0 Å². The second kappa shape index (κ2) is 6.30. The average molecular weight is 324 g/mol. The summed E-state index contributed by atoms with van der Waals surface area (Å²) in [5.41, 5.74) is 1.84. The number of carbonyl (C=O) groups is 1. The van der Waals surface area contributed by atoms with Crippen LogP contribution in [0.5, 0.6) is 0 Å². The van der Waals surface area contributed by atoms with Crippen LogP contribution in [-0.2, 0) is 7.05 Å². The van der Waals surface area contributed by atoms with Crippen LogP contribution in [0, 0.1) is 5.92 Å². The van der Waals surface area contributed by atoms with Crippen molar-refractivity contribution < 1.29 is 4.79 Å². The number of hydrogen-bond donors (Lipinski definition) is 1. The Balaban J connectivity index is 1.49. The van der Waals surface area contributed by atoms with Gasteiger partial charge in [0.15, 0.2) is 0 Å². The highest BCUT2D eigenvalue weighted by Gasteiger charge is 2.38. The highest BCUT2D eigenvalue weighted by Crippen LogP contribution is 2.36. The normalized spacial score (nSPS) is 23.1. The van der Waals surface area contributed by atoms with Gasteiger partial charge in [0.2, 0.25) is 0 Å². The number of aromatic nitrogens is 2. The van der Waals surface area contributed by atoms with Crippen LogP contribution in [0.4, 0.5) is 10.5 Å². The van der Waals surface area contributed by atoms with Gasteiger partial charge in [-0.2, -0.15) is 0 Å². The van der Waals surface area contributed by atoms with Crippen molar-refractivity contribution >= 4 is 11.7 Å². The minimum atomic E-state index is 0.0430. The number of amides is 2. The number of hydrogen-bond acceptors (Lipinski definition) is 2. The Hall–Kier alpha value is -2.30. The standard InChI is InChI=1S/C19H24N4O/c1-22-12-10-20-18(22)15-6-4-7-16(13-15)21-19(24)23-11-9-14-5-2-3-8-17(14)23/h4,6-7,10,12-14,17H,2-3,5,8-9,11H2,1H3,(H,21,24)/t14-,17-/m0/s1. The van der Waals surface area contributed by atoms with Gasteiger partial charge >= 0.3 is 6.03 Å². The first-order valence-corrected chi connectivity index (χ1v) is 8.88. The maximum Gasteiger partial charge on any atom is 0.322 e. The molecule has 1 N–H and O–H groups in total. The van der Waals surface area contributed by atoms with Crippen molar-refractivity contribution in [2.45, 2.75) is 38.1 Å². The quantitative estimate of drug-likeness (QED) is 0.911. The Bertz CT molecular complexity index is 738. The van der Waals surface area contributed by atoms with Gasteiger partial charge in [-0.1, -0.05) is 25.0 Å². The Morgan fingerprint density at radius 2 is 2.12 bits per heavy atom. The maximum atomic E-state index is 12.7. The number of carbonyl (C=O) groups excluding carboxylic acids is 1. The third-order valence-electron chi connectivity index (χ3n) is 5.46. The van der Waals surface area contributed by atoms with Crippen molar-refractivity contribution in [3.8, 4) is 11.4 Å². The van der Waals surface area contributed by atoms with E-state index in [1.54, 1.807) is 6.20 Å². The zero-order valence-corrected chi connectivity index (χ0v) is 14.1. The van der Waals surface area contributed by atoms with E-state index in [1.807, 2.05) is 42.1 Å². The number of urea groups is 1. The smallest absolute Gasteiger partial charge is 0.322 e. The van der Waals surface area contributed by atoms with Crippen LogP contribution in [0.2, 0.25) is 0 Å². The summed E-state index contributed by atoms with van der Waals surface area (Å²) >= 11 is 0. The highest BCUT2D eigenvalue weighted by atomic mass is 16.2.